The minimum Gasteiger partial charge on any atom is -0.495 e. The van der Waals surface area contributed by atoms with Gasteiger partial charge in [-0.25, -0.2) is 4.79 Å². The van der Waals surface area contributed by atoms with E-state index in [1.165, 1.54) is 12.0 Å². The Balaban J connectivity index is 2.08. The van der Waals surface area contributed by atoms with E-state index < -0.39 is 12.0 Å². The molecule has 114 valence electrons. The number of carboxylic acid groups (broad SMARTS) is 1. The predicted molar refractivity (Wildman–Crippen MR) is 75.6 cm³/mol. The summed E-state index contributed by atoms with van der Waals surface area (Å²) in [7, 11) is 1.52. The molecule has 1 aliphatic heterocycles. The van der Waals surface area contributed by atoms with Crippen molar-refractivity contribution in [1.29, 1.82) is 0 Å². The summed E-state index contributed by atoms with van der Waals surface area (Å²) in [6.45, 7) is 0.986. The van der Waals surface area contributed by atoms with Crippen LogP contribution < -0.4 is 10.1 Å². The lowest BCUT2D eigenvalue weighted by Gasteiger charge is -2.34. The number of hydrogen-bond acceptors (Lipinski definition) is 4. The standard InChI is InChI=1S/C14H18N2O5/c1-20-12-5-3-2-4-11(12)15-14(19)16-6-7-21-9-10(16)8-13(17)18/h2-5,10H,6-9H2,1H3,(H,15,19)(H,17,18). The maximum atomic E-state index is 12.3. The van der Waals surface area contributed by atoms with Crippen molar-refractivity contribution in [1.82, 2.24) is 4.90 Å². The molecule has 0 radical (unpaired) electrons. The fraction of sp³-hybridized carbons (Fsp3) is 0.429. The molecule has 2 rings (SSSR count). The minimum atomic E-state index is -0.958. The first kappa shape index (κ1) is 15.1. The van der Waals surface area contributed by atoms with Gasteiger partial charge in [-0.1, -0.05) is 12.1 Å². The Morgan fingerprint density at radius 2 is 2.24 bits per heavy atom. The van der Waals surface area contributed by atoms with Gasteiger partial charge >= 0.3 is 12.0 Å². The van der Waals surface area contributed by atoms with Crippen LogP contribution in [0.2, 0.25) is 0 Å². The number of urea groups is 1. The Bertz CT molecular complexity index is 520. The molecule has 2 N–H and O–H groups in total. The highest BCUT2D eigenvalue weighted by molar-refractivity contribution is 5.91. The number of ether oxygens (including phenoxy) is 2. The number of nitrogens with zero attached hydrogens (tertiary/aromatic N) is 1. The fourth-order valence-corrected chi connectivity index (χ4v) is 2.23. The molecule has 0 bridgehead atoms. The van der Waals surface area contributed by atoms with E-state index in [1.807, 2.05) is 0 Å². The maximum absolute atomic E-state index is 12.3. The molecule has 7 heteroatoms. The highest BCUT2D eigenvalue weighted by Gasteiger charge is 2.29. The van der Waals surface area contributed by atoms with Gasteiger partial charge in [0.1, 0.15) is 5.75 Å². The van der Waals surface area contributed by atoms with E-state index in [-0.39, 0.29) is 19.1 Å². The van der Waals surface area contributed by atoms with Gasteiger partial charge < -0.3 is 24.8 Å². The molecule has 1 saturated heterocycles. The van der Waals surface area contributed by atoms with Gasteiger partial charge in [-0.05, 0) is 12.1 Å². The van der Waals surface area contributed by atoms with Gasteiger partial charge in [-0.15, -0.1) is 0 Å². The van der Waals surface area contributed by atoms with Crippen molar-refractivity contribution in [3.63, 3.8) is 0 Å². The van der Waals surface area contributed by atoms with Crippen LogP contribution in [-0.4, -0.2) is 54.9 Å². The lowest BCUT2D eigenvalue weighted by molar-refractivity contribution is -0.139. The number of hydrogen-bond donors (Lipinski definition) is 2. The number of anilines is 1. The zero-order valence-corrected chi connectivity index (χ0v) is 11.7. The summed E-state index contributed by atoms with van der Waals surface area (Å²) >= 11 is 0. The third kappa shape index (κ3) is 3.85. The average molecular weight is 294 g/mol. The molecule has 1 atom stereocenters. The third-order valence-electron chi connectivity index (χ3n) is 3.25. The quantitative estimate of drug-likeness (QED) is 0.876. The van der Waals surface area contributed by atoms with Crippen molar-refractivity contribution >= 4 is 17.7 Å². The zero-order valence-electron chi connectivity index (χ0n) is 11.7. The number of amides is 2. The van der Waals surface area contributed by atoms with Gasteiger partial charge in [-0.3, -0.25) is 4.79 Å². The summed E-state index contributed by atoms with van der Waals surface area (Å²) in [5.74, 6) is -0.408. The number of rotatable bonds is 4. The van der Waals surface area contributed by atoms with Crippen LogP contribution in [0.4, 0.5) is 10.5 Å². The Morgan fingerprint density at radius 1 is 1.48 bits per heavy atom. The van der Waals surface area contributed by atoms with E-state index in [0.29, 0.717) is 24.6 Å². The number of benzene rings is 1. The van der Waals surface area contributed by atoms with E-state index in [0.717, 1.165) is 0 Å². The van der Waals surface area contributed by atoms with E-state index in [2.05, 4.69) is 5.32 Å². The molecule has 0 aromatic heterocycles. The van der Waals surface area contributed by atoms with Gasteiger partial charge in [0.2, 0.25) is 0 Å². The summed E-state index contributed by atoms with van der Waals surface area (Å²) in [5.41, 5.74) is 0.547. The topological polar surface area (TPSA) is 88.1 Å². The molecule has 0 spiro atoms. The predicted octanol–water partition coefficient (Wildman–Crippen LogP) is 1.40. The molecule has 0 aliphatic carbocycles. The van der Waals surface area contributed by atoms with Gasteiger partial charge in [0.25, 0.3) is 0 Å². The second-order valence-electron chi connectivity index (χ2n) is 4.65. The number of nitrogens with one attached hydrogen (secondary N) is 1. The van der Waals surface area contributed by atoms with Gasteiger partial charge in [0.05, 0.1) is 38.5 Å². The fourth-order valence-electron chi connectivity index (χ4n) is 2.23. The first-order chi connectivity index (χ1) is 10.1. The first-order valence-electron chi connectivity index (χ1n) is 6.62. The molecule has 0 saturated carbocycles. The summed E-state index contributed by atoms with van der Waals surface area (Å²) in [6.07, 6.45) is -0.140. The molecule has 1 unspecified atom stereocenters. The van der Waals surface area contributed by atoms with Gasteiger partial charge in [0.15, 0.2) is 0 Å². The number of para-hydroxylation sites is 2. The average Bonchev–Trinajstić information content (AvgIpc) is 2.47. The molecule has 1 aliphatic rings. The normalized spacial score (nSPS) is 18.1. The smallest absolute Gasteiger partial charge is 0.322 e. The summed E-state index contributed by atoms with van der Waals surface area (Å²) in [6, 6.07) is 6.23. The van der Waals surface area contributed by atoms with Crippen molar-refractivity contribution in [3.8, 4) is 5.75 Å². The van der Waals surface area contributed by atoms with E-state index in [4.69, 9.17) is 14.6 Å². The first-order valence-corrected chi connectivity index (χ1v) is 6.62. The van der Waals surface area contributed by atoms with E-state index in [9.17, 15) is 9.59 Å². The van der Waals surface area contributed by atoms with Crippen LogP contribution in [0, 0.1) is 0 Å². The molecular formula is C14H18N2O5. The van der Waals surface area contributed by atoms with Crippen molar-refractivity contribution in [2.45, 2.75) is 12.5 Å². The molecule has 1 aromatic rings. The second kappa shape index (κ2) is 6.94. The van der Waals surface area contributed by atoms with Gasteiger partial charge in [-0.2, -0.15) is 0 Å². The molecule has 2 amide bonds. The Morgan fingerprint density at radius 3 is 2.95 bits per heavy atom. The van der Waals surface area contributed by atoms with Crippen LogP contribution in [0.25, 0.3) is 0 Å². The molecule has 1 heterocycles. The number of carbonyl (C=O) groups excluding carboxylic acids is 1. The largest absolute Gasteiger partial charge is 0.495 e. The maximum Gasteiger partial charge on any atom is 0.322 e. The van der Waals surface area contributed by atoms with Crippen molar-refractivity contribution in [2.75, 3.05) is 32.2 Å². The van der Waals surface area contributed by atoms with Crippen LogP contribution in [-0.2, 0) is 9.53 Å². The van der Waals surface area contributed by atoms with E-state index in [1.54, 1.807) is 24.3 Å². The lowest BCUT2D eigenvalue weighted by atomic mass is 10.1. The van der Waals surface area contributed by atoms with Crippen molar-refractivity contribution < 1.29 is 24.2 Å². The Labute approximate surface area is 122 Å². The molecular weight excluding hydrogens is 276 g/mol. The third-order valence-corrected chi connectivity index (χ3v) is 3.25. The molecule has 7 nitrogen and oxygen atoms in total. The summed E-state index contributed by atoms with van der Waals surface area (Å²) < 4.78 is 10.4. The molecule has 1 aromatic carbocycles. The van der Waals surface area contributed by atoms with Crippen LogP contribution in [0.1, 0.15) is 6.42 Å². The van der Waals surface area contributed by atoms with Crippen molar-refractivity contribution in [3.05, 3.63) is 24.3 Å². The zero-order chi connectivity index (χ0) is 15.2. The number of carbonyl (C=O) groups is 2. The number of morpholine rings is 1. The summed E-state index contributed by atoms with van der Waals surface area (Å²) in [4.78, 5) is 24.7. The van der Waals surface area contributed by atoms with Crippen LogP contribution >= 0.6 is 0 Å². The summed E-state index contributed by atoms with van der Waals surface area (Å²) in [5, 5.41) is 11.7. The highest BCUT2D eigenvalue weighted by Crippen LogP contribution is 2.24. The number of carboxylic acids is 1. The van der Waals surface area contributed by atoms with Gasteiger partial charge in [0, 0.05) is 6.54 Å². The molecule has 1 fully saturated rings. The monoisotopic (exact) mass is 294 g/mol. The highest BCUT2D eigenvalue weighted by atomic mass is 16.5. The SMILES string of the molecule is COc1ccccc1NC(=O)N1CCOCC1CC(=O)O. The Hall–Kier alpha value is -2.28. The van der Waals surface area contributed by atoms with Crippen LogP contribution in [0.5, 0.6) is 5.75 Å². The molecule has 21 heavy (non-hydrogen) atoms. The number of aliphatic carboxylic acids is 1. The minimum absolute atomic E-state index is 0.140. The Kier molecular flexibility index (Phi) is 4.99. The lowest BCUT2D eigenvalue weighted by Crippen LogP contribution is -2.51. The number of methoxy groups -OCH3 is 1. The second-order valence-corrected chi connectivity index (χ2v) is 4.65. The van der Waals surface area contributed by atoms with Crippen molar-refractivity contribution in [2.24, 2.45) is 0 Å². The van der Waals surface area contributed by atoms with E-state index >= 15 is 0 Å². The van der Waals surface area contributed by atoms with Crippen LogP contribution in [0.3, 0.4) is 0 Å². The van der Waals surface area contributed by atoms with Crippen LogP contribution in [0.15, 0.2) is 24.3 Å².